The van der Waals surface area contributed by atoms with Gasteiger partial charge >= 0.3 is 6.03 Å². The number of ether oxygens (including phenoxy) is 4. The van der Waals surface area contributed by atoms with Gasteiger partial charge in [-0.3, -0.25) is 0 Å². The molecule has 0 radical (unpaired) electrons. The van der Waals surface area contributed by atoms with Crippen molar-refractivity contribution in [3.63, 3.8) is 0 Å². The van der Waals surface area contributed by atoms with E-state index >= 15 is 0 Å². The van der Waals surface area contributed by atoms with Crippen LogP contribution in [-0.2, 0) is 14.2 Å². The zero-order chi connectivity index (χ0) is 23.4. The van der Waals surface area contributed by atoms with E-state index in [1.165, 1.54) is 0 Å². The zero-order valence-corrected chi connectivity index (χ0v) is 19.3. The highest BCUT2D eigenvalue weighted by Gasteiger charge is 2.61. The van der Waals surface area contributed by atoms with Crippen molar-refractivity contribution < 1.29 is 23.7 Å². The van der Waals surface area contributed by atoms with Crippen molar-refractivity contribution in [2.45, 2.75) is 44.2 Å². The average Bonchev–Trinajstić information content (AvgIpc) is 3.26. The Hall–Kier alpha value is -3.17. The summed E-state index contributed by atoms with van der Waals surface area (Å²) in [4.78, 5) is 13.2. The lowest BCUT2D eigenvalue weighted by Crippen LogP contribution is -2.59. The summed E-state index contributed by atoms with van der Waals surface area (Å²) in [6.07, 6.45) is -1.18. The van der Waals surface area contributed by atoms with E-state index in [0.717, 1.165) is 16.5 Å². The fourth-order valence-corrected chi connectivity index (χ4v) is 4.97. The summed E-state index contributed by atoms with van der Waals surface area (Å²) in [5, 5.41) is 8.68. The Kier molecular flexibility index (Phi) is 5.00. The molecule has 6 rings (SSSR count). The van der Waals surface area contributed by atoms with Crippen LogP contribution in [0.2, 0.25) is 0 Å². The molecule has 0 saturated carbocycles. The van der Waals surface area contributed by atoms with Gasteiger partial charge in [-0.2, -0.15) is 0 Å². The van der Waals surface area contributed by atoms with E-state index in [-0.39, 0.29) is 24.3 Å². The molecule has 2 amide bonds. The third-order valence-corrected chi connectivity index (χ3v) is 6.45. The molecule has 8 heteroatoms. The molecular weight excluding hydrogens is 434 g/mol. The van der Waals surface area contributed by atoms with E-state index in [1.807, 2.05) is 80.5 Å². The third kappa shape index (κ3) is 3.78. The number of carbonyl (C=O) groups excluding carboxylic acids is 1. The highest BCUT2D eigenvalue weighted by molar-refractivity contribution is 5.89. The summed E-state index contributed by atoms with van der Waals surface area (Å²) >= 11 is 0. The summed E-state index contributed by atoms with van der Waals surface area (Å²) in [7, 11) is 1.87. The molecule has 3 saturated heterocycles. The second kappa shape index (κ2) is 7.95. The normalized spacial score (nSPS) is 27.6. The lowest BCUT2D eigenvalue weighted by atomic mass is 10.1. The first kappa shape index (κ1) is 21.4. The number of hydrazine groups is 1. The maximum atomic E-state index is 13.2. The van der Waals surface area contributed by atoms with Crippen LogP contribution in [0, 0.1) is 0 Å². The van der Waals surface area contributed by atoms with Crippen molar-refractivity contribution in [3.05, 3.63) is 66.7 Å². The largest absolute Gasteiger partial charge is 0.457 e. The molecule has 3 aromatic carbocycles. The van der Waals surface area contributed by atoms with Gasteiger partial charge in [0, 0.05) is 19.3 Å². The van der Waals surface area contributed by atoms with E-state index in [4.69, 9.17) is 18.9 Å². The first-order valence-electron chi connectivity index (χ1n) is 11.5. The second-order valence-electron chi connectivity index (χ2n) is 9.38. The van der Waals surface area contributed by atoms with Crippen LogP contribution in [0.3, 0.4) is 0 Å². The predicted octanol–water partition coefficient (Wildman–Crippen LogP) is 4.57. The zero-order valence-electron chi connectivity index (χ0n) is 19.3. The highest BCUT2D eigenvalue weighted by Crippen LogP contribution is 2.42. The Morgan fingerprint density at radius 1 is 0.971 bits per heavy atom. The molecule has 176 valence electrons. The third-order valence-electron chi connectivity index (χ3n) is 6.45. The van der Waals surface area contributed by atoms with Crippen LogP contribution in [0.5, 0.6) is 11.5 Å². The SMILES string of the molecule is CN1C[C@H]2O[C@H]([C@@H]3OC(C)(C)O[C@@H]32)N1C(=O)Nc1ccc(Oc2ccc3ccccc3c2)cc1. The molecule has 1 N–H and O–H groups in total. The monoisotopic (exact) mass is 461 g/mol. The van der Waals surface area contributed by atoms with Crippen LogP contribution in [0.1, 0.15) is 13.8 Å². The molecular formula is C26H27N3O5. The molecule has 34 heavy (non-hydrogen) atoms. The number of benzene rings is 3. The van der Waals surface area contributed by atoms with Crippen LogP contribution in [-0.4, -0.2) is 60.0 Å². The first-order valence-corrected chi connectivity index (χ1v) is 11.5. The Balaban J connectivity index is 1.14. The van der Waals surface area contributed by atoms with Crippen molar-refractivity contribution in [2.24, 2.45) is 0 Å². The van der Waals surface area contributed by atoms with Gasteiger partial charge in [0.05, 0.1) is 0 Å². The molecule has 0 aromatic heterocycles. The van der Waals surface area contributed by atoms with Crippen LogP contribution in [0.25, 0.3) is 10.8 Å². The van der Waals surface area contributed by atoms with Crippen LogP contribution >= 0.6 is 0 Å². The minimum Gasteiger partial charge on any atom is -0.457 e. The number of hydrogen-bond donors (Lipinski definition) is 1. The molecule has 3 aliphatic heterocycles. The van der Waals surface area contributed by atoms with Crippen molar-refractivity contribution in [1.29, 1.82) is 0 Å². The lowest BCUT2D eigenvalue weighted by Gasteiger charge is -2.42. The van der Waals surface area contributed by atoms with E-state index in [9.17, 15) is 4.79 Å². The van der Waals surface area contributed by atoms with Gasteiger partial charge in [0.15, 0.2) is 12.0 Å². The molecule has 0 unspecified atom stereocenters. The first-order chi connectivity index (χ1) is 16.4. The summed E-state index contributed by atoms with van der Waals surface area (Å²) < 4.78 is 24.1. The molecule has 0 spiro atoms. The Morgan fingerprint density at radius 3 is 2.47 bits per heavy atom. The van der Waals surface area contributed by atoms with Gasteiger partial charge in [-0.1, -0.05) is 30.3 Å². The van der Waals surface area contributed by atoms with Gasteiger partial charge in [0.2, 0.25) is 0 Å². The number of anilines is 1. The summed E-state index contributed by atoms with van der Waals surface area (Å²) in [6, 6.07) is 21.2. The number of carbonyl (C=O) groups is 1. The molecule has 0 aliphatic carbocycles. The van der Waals surface area contributed by atoms with Gasteiger partial charge in [-0.25, -0.2) is 14.8 Å². The second-order valence-corrected chi connectivity index (χ2v) is 9.38. The average molecular weight is 462 g/mol. The van der Waals surface area contributed by atoms with Gasteiger partial charge in [-0.05, 0) is 61.0 Å². The van der Waals surface area contributed by atoms with Gasteiger partial charge < -0.3 is 24.3 Å². The van der Waals surface area contributed by atoms with Crippen LogP contribution in [0.15, 0.2) is 66.7 Å². The summed E-state index contributed by atoms with van der Waals surface area (Å²) in [5.74, 6) is 0.760. The molecule has 3 aliphatic rings. The van der Waals surface area contributed by atoms with Gasteiger partial charge in [0.1, 0.15) is 29.8 Å². The highest BCUT2D eigenvalue weighted by atomic mass is 16.8. The fourth-order valence-electron chi connectivity index (χ4n) is 4.97. The maximum absolute atomic E-state index is 13.2. The number of rotatable bonds is 3. The number of urea groups is 1. The Bertz CT molecular complexity index is 1230. The number of likely N-dealkylation sites (N-methyl/N-ethyl adjacent to an activating group) is 1. The number of fused-ring (bicyclic) bond motifs is 6. The topological polar surface area (TPSA) is 72.5 Å². The fraction of sp³-hybridized carbons (Fsp3) is 0.346. The van der Waals surface area contributed by atoms with Crippen LogP contribution in [0.4, 0.5) is 10.5 Å². The minimum absolute atomic E-state index is 0.127. The predicted molar refractivity (Wildman–Crippen MR) is 126 cm³/mol. The summed E-state index contributed by atoms with van der Waals surface area (Å²) in [6.45, 7) is 4.32. The maximum Gasteiger partial charge on any atom is 0.338 e. The number of amides is 2. The van der Waals surface area contributed by atoms with Gasteiger partial charge in [0.25, 0.3) is 0 Å². The van der Waals surface area contributed by atoms with Crippen molar-refractivity contribution in [1.82, 2.24) is 10.0 Å². The van der Waals surface area contributed by atoms with E-state index in [1.54, 1.807) is 5.01 Å². The molecule has 3 aromatic rings. The lowest BCUT2D eigenvalue weighted by molar-refractivity contribution is -0.247. The van der Waals surface area contributed by atoms with E-state index < -0.39 is 12.0 Å². The van der Waals surface area contributed by atoms with E-state index in [0.29, 0.717) is 18.0 Å². The minimum atomic E-state index is -0.686. The molecule has 8 nitrogen and oxygen atoms in total. The standard InChI is InChI=1S/C26H27N3O5/c1-26(2)33-22-21-15-28(3)29(24(32-21)23(22)34-26)25(30)27-18-9-12-19(13-10-18)31-20-11-8-16-6-4-5-7-17(16)14-20/h4-14,21-24H,15H2,1-3H3,(H,27,30)/t21-,22-,23-,24-/m1/s1. The molecule has 4 atom stereocenters. The van der Waals surface area contributed by atoms with Crippen molar-refractivity contribution in [3.8, 4) is 11.5 Å². The Morgan fingerprint density at radius 2 is 1.68 bits per heavy atom. The van der Waals surface area contributed by atoms with Crippen molar-refractivity contribution in [2.75, 3.05) is 18.9 Å². The van der Waals surface area contributed by atoms with Crippen LogP contribution < -0.4 is 10.1 Å². The molecule has 2 bridgehead atoms. The smallest absolute Gasteiger partial charge is 0.338 e. The van der Waals surface area contributed by atoms with Gasteiger partial charge in [-0.15, -0.1) is 0 Å². The molecule has 3 heterocycles. The quantitative estimate of drug-likeness (QED) is 0.616. The number of nitrogens with zero attached hydrogens (tertiary/aromatic N) is 2. The number of hydrogen-bond acceptors (Lipinski definition) is 6. The number of nitrogens with one attached hydrogen (secondary N) is 1. The van der Waals surface area contributed by atoms with Crippen molar-refractivity contribution >= 4 is 22.5 Å². The summed E-state index contributed by atoms with van der Waals surface area (Å²) in [5.41, 5.74) is 0.657. The Labute approximate surface area is 197 Å². The van der Waals surface area contributed by atoms with E-state index in [2.05, 4.69) is 17.4 Å². The molecule has 3 fully saturated rings.